The molecule has 0 aliphatic carbocycles. The minimum Gasteiger partial charge on any atom is -0.496 e. The molecular weight excluding hydrogens is 484 g/mol. The van der Waals surface area contributed by atoms with Crippen LogP contribution < -0.4 is 9.64 Å². The second kappa shape index (κ2) is 12.6. The van der Waals surface area contributed by atoms with Gasteiger partial charge in [0.05, 0.1) is 7.11 Å². The molecule has 0 unspecified atom stereocenters. The van der Waals surface area contributed by atoms with Crippen molar-refractivity contribution in [3.8, 4) is 16.9 Å². The summed E-state index contributed by atoms with van der Waals surface area (Å²) < 4.78 is 5.63. The molecule has 2 aliphatic heterocycles. The summed E-state index contributed by atoms with van der Waals surface area (Å²) in [7, 11) is 6.03. The van der Waals surface area contributed by atoms with Crippen molar-refractivity contribution in [2.24, 2.45) is 0 Å². The largest absolute Gasteiger partial charge is 0.496 e. The highest BCUT2D eigenvalue weighted by Gasteiger charge is 2.21. The van der Waals surface area contributed by atoms with E-state index in [2.05, 4.69) is 70.1 Å². The molecule has 3 aromatic carbocycles. The van der Waals surface area contributed by atoms with Crippen LogP contribution in [0.5, 0.6) is 5.75 Å². The van der Waals surface area contributed by atoms with Crippen molar-refractivity contribution >= 4 is 17.5 Å². The van der Waals surface area contributed by atoms with Crippen LogP contribution >= 0.6 is 0 Å². The third-order valence-electron chi connectivity index (χ3n) is 7.98. The van der Waals surface area contributed by atoms with Gasteiger partial charge in [0.2, 0.25) is 0 Å². The number of rotatable bonds is 8. The van der Waals surface area contributed by atoms with Gasteiger partial charge in [-0.15, -0.1) is 0 Å². The number of likely N-dealkylation sites (N-methyl/N-ethyl adjacent to an activating group) is 2. The Morgan fingerprint density at radius 3 is 2.23 bits per heavy atom. The maximum Gasteiger partial charge on any atom is 0.187 e. The van der Waals surface area contributed by atoms with Crippen LogP contribution in [-0.2, 0) is 6.54 Å². The molecule has 2 aliphatic rings. The smallest absolute Gasteiger partial charge is 0.187 e. The standard InChI is InChI=1S/C33H40N4O2/c1-34-16-20-36(21-17-34)25-28-9-5-4-8-26(28)13-15-32(38)30-14-12-27(29-10-6-7-11-33(29)39-3)24-31(30)37-22-18-35(2)19-23-37/h4-15,24H,16-23,25H2,1-3H3. The Morgan fingerprint density at radius 1 is 0.821 bits per heavy atom. The molecule has 204 valence electrons. The fraction of sp³-hybridized carbons (Fsp3) is 0.364. The number of piperazine rings is 2. The van der Waals surface area contributed by atoms with Crippen molar-refractivity contribution in [3.05, 3.63) is 89.5 Å². The third-order valence-corrected chi connectivity index (χ3v) is 7.98. The summed E-state index contributed by atoms with van der Waals surface area (Å²) in [5.41, 5.74) is 6.19. The summed E-state index contributed by atoms with van der Waals surface area (Å²) in [6.07, 6.45) is 3.75. The van der Waals surface area contributed by atoms with Crippen LogP contribution in [0.25, 0.3) is 17.2 Å². The lowest BCUT2D eigenvalue weighted by atomic mass is 9.97. The van der Waals surface area contributed by atoms with Crippen LogP contribution in [0.3, 0.4) is 0 Å². The second-order valence-electron chi connectivity index (χ2n) is 10.7. The summed E-state index contributed by atoms with van der Waals surface area (Å²) in [5.74, 6) is 0.864. The number of methoxy groups -OCH3 is 1. The molecule has 0 radical (unpaired) electrons. The average molecular weight is 525 g/mol. The number of carbonyl (C=O) groups excluding carboxylic acids is 1. The average Bonchev–Trinajstić information content (AvgIpc) is 2.98. The second-order valence-corrected chi connectivity index (χ2v) is 10.7. The summed E-state index contributed by atoms with van der Waals surface area (Å²) in [5, 5.41) is 0. The van der Waals surface area contributed by atoms with E-state index in [1.165, 1.54) is 5.56 Å². The van der Waals surface area contributed by atoms with Crippen LogP contribution in [0.4, 0.5) is 5.69 Å². The number of ether oxygens (including phenoxy) is 1. The van der Waals surface area contributed by atoms with Gasteiger partial charge in [-0.25, -0.2) is 0 Å². The fourth-order valence-corrected chi connectivity index (χ4v) is 5.44. The number of para-hydroxylation sites is 1. The first-order valence-corrected chi connectivity index (χ1v) is 13.9. The predicted octanol–water partition coefficient (Wildman–Crippen LogP) is 4.76. The Bertz CT molecular complexity index is 1300. The molecule has 5 rings (SSSR count). The first-order chi connectivity index (χ1) is 19.0. The van der Waals surface area contributed by atoms with Gasteiger partial charge in [0.15, 0.2) is 5.78 Å². The molecule has 0 amide bonds. The first-order valence-electron chi connectivity index (χ1n) is 13.9. The van der Waals surface area contributed by atoms with Gasteiger partial charge in [-0.2, -0.15) is 0 Å². The molecule has 0 spiro atoms. The summed E-state index contributed by atoms with van der Waals surface area (Å²) in [6.45, 7) is 8.97. The van der Waals surface area contributed by atoms with Crippen LogP contribution in [0.2, 0.25) is 0 Å². The third kappa shape index (κ3) is 6.59. The molecule has 2 fully saturated rings. The highest BCUT2D eigenvalue weighted by Crippen LogP contribution is 2.34. The van der Waals surface area contributed by atoms with Crippen LogP contribution in [0.1, 0.15) is 21.5 Å². The fourth-order valence-electron chi connectivity index (χ4n) is 5.44. The molecule has 2 heterocycles. The lowest BCUT2D eigenvalue weighted by Gasteiger charge is -2.35. The molecule has 3 aromatic rings. The van der Waals surface area contributed by atoms with Gasteiger partial charge in [0.25, 0.3) is 0 Å². The van der Waals surface area contributed by atoms with Crippen LogP contribution in [0.15, 0.2) is 72.8 Å². The maximum absolute atomic E-state index is 13.7. The number of carbonyl (C=O) groups is 1. The van der Waals surface area contributed by atoms with Gasteiger partial charge < -0.3 is 19.4 Å². The molecule has 0 aromatic heterocycles. The van der Waals surface area contributed by atoms with E-state index in [-0.39, 0.29) is 5.78 Å². The topological polar surface area (TPSA) is 39.3 Å². The lowest BCUT2D eigenvalue weighted by molar-refractivity contribution is 0.104. The highest BCUT2D eigenvalue weighted by atomic mass is 16.5. The predicted molar refractivity (Wildman–Crippen MR) is 161 cm³/mol. The Balaban J connectivity index is 1.42. The van der Waals surface area contributed by atoms with Gasteiger partial charge >= 0.3 is 0 Å². The number of hydrogen-bond acceptors (Lipinski definition) is 6. The number of nitrogens with zero attached hydrogens (tertiary/aromatic N) is 4. The number of hydrogen-bond donors (Lipinski definition) is 0. The zero-order valence-electron chi connectivity index (χ0n) is 23.5. The quantitative estimate of drug-likeness (QED) is 0.313. The van der Waals surface area contributed by atoms with Crippen LogP contribution in [0, 0.1) is 0 Å². The SMILES string of the molecule is COc1ccccc1-c1ccc(C(=O)C=Cc2ccccc2CN2CCN(C)CC2)c(N2CCN(C)CC2)c1. The lowest BCUT2D eigenvalue weighted by Crippen LogP contribution is -2.45. The van der Waals surface area contributed by atoms with Gasteiger partial charge in [-0.3, -0.25) is 9.69 Å². The zero-order valence-corrected chi connectivity index (χ0v) is 23.5. The van der Waals surface area contributed by atoms with E-state index >= 15 is 0 Å². The monoisotopic (exact) mass is 524 g/mol. The molecule has 6 nitrogen and oxygen atoms in total. The Morgan fingerprint density at radius 2 is 1.49 bits per heavy atom. The van der Waals surface area contributed by atoms with Crippen molar-refractivity contribution in [1.82, 2.24) is 14.7 Å². The zero-order chi connectivity index (χ0) is 27.2. The Kier molecular flexibility index (Phi) is 8.77. The van der Waals surface area contributed by atoms with E-state index in [0.717, 1.165) is 92.6 Å². The molecule has 2 saturated heterocycles. The minimum absolute atomic E-state index is 0.0323. The van der Waals surface area contributed by atoms with Gasteiger partial charge in [0, 0.05) is 75.7 Å². The van der Waals surface area contributed by atoms with Crippen LogP contribution in [-0.4, -0.2) is 94.0 Å². The number of allylic oxidation sites excluding steroid dienone is 1. The van der Waals surface area contributed by atoms with Crippen molar-refractivity contribution in [2.45, 2.75) is 6.54 Å². The van der Waals surface area contributed by atoms with Gasteiger partial charge in [-0.1, -0.05) is 54.6 Å². The highest BCUT2D eigenvalue weighted by molar-refractivity contribution is 6.11. The Hall–Kier alpha value is -3.45. The van der Waals surface area contributed by atoms with Gasteiger partial charge in [0.1, 0.15) is 5.75 Å². The number of benzene rings is 3. The van der Waals surface area contributed by atoms with E-state index < -0.39 is 0 Å². The number of anilines is 1. The maximum atomic E-state index is 13.7. The summed E-state index contributed by atoms with van der Waals surface area (Å²) in [6, 6.07) is 22.7. The Labute approximate surface area is 233 Å². The number of ketones is 1. The summed E-state index contributed by atoms with van der Waals surface area (Å²) >= 11 is 0. The van der Waals surface area contributed by atoms with Gasteiger partial charge in [-0.05, 0) is 55.1 Å². The van der Waals surface area contributed by atoms with Crippen molar-refractivity contribution in [1.29, 1.82) is 0 Å². The summed E-state index contributed by atoms with van der Waals surface area (Å²) in [4.78, 5) is 23.2. The molecule has 0 saturated carbocycles. The van der Waals surface area contributed by atoms with E-state index in [0.29, 0.717) is 0 Å². The molecule has 0 bridgehead atoms. The molecular formula is C33H40N4O2. The first kappa shape index (κ1) is 27.1. The van der Waals surface area contributed by atoms with Crippen molar-refractivity contribution in [3.63, 3.8) is 0 Å². The normalized spacial score (nSPS) is 17.6. The van der Waals surface area contributed by atoms with E-state index in [1.807, 2.05) is 36.4 Å². The molecule has 6 heteroatoms. The van der Waals surface area contributed by atoms with Crippen molar-refractivity contribution < 1.29 is 9.53 Å². The van der Waals surface area contributed by atoms with E-state index in [1.54, 1.807) is 13.2 Å². The van der Waals surface area contributed by atoms with E-state index in [9.17, 15) is 4.79 Å². The van der Waals surface area contributed by atoms with E-state index in [4.69, 9.17) is 4.74 Å². The molecule has 39 heavy (non-hydrogen) atoms. The van der Waals surface area contributed by atoms with Crippen molar-refractivity contribution in [2.75, 3.05) is 78.5 Å². The molecule has 0 atom stereocenters. The molecule has 0 N–H and O–H groups in total. The minimum atomic E-state index is 0.0323.